The van der Waals surface area contributed by atoms with Crippen LogP contribution in [0, 0.1) is 18.3 Å². The maximum atomic E-state index is 13.1. The number of pyridine rings is 1. The fourth-order valence-corrected chi connectivity index (χ4v) is 2.52. The number of nitriles is 1. The molecule has 0 saturated heterocycles. The van der Waals surface area contributed by atoms with Gasteiger partial charge in [-0.05, 0) is 32.4 Å². The summed E-state index contributed by atoms with van der Waals surface area (Å²) in [5, 5.41) is 26.8. The SMILES string of the molecule is CCC(C)n1c(O)c(C#N)c(C)c(N=Nc2ccccc2C(F)(F)F)c1=O. The molecule has 0 aliphatic rings. The molecule has 2 rings (SSSR count). The minimum atomic E-state index is -4.63. The highest BCUT2D eigenvalue weighted by Gasteiger charge is 2.33. The van der Waals surface area contributed by atoms with Crippen LogP contribution in [-0.2, 0) is 6.18 Å². The van der Waals surface area contributed by atoms with Crippen LogP contribution in [0.5, 0.6) is 5.88 Å². The van der Waals surface area contributed by atoms with E-state index in [4.69, 9.17) is 0 Å². The van der Waals surface area contributed by atoms with Crippen LogP contribution in [0.25, 0.3) is 0 Å². The Labute approximate surface area is 153 Å². The summed E-state index contributed by atoms with van der Waals surface area (Å²) in [5.74, 6) is -0.496. The Bertz CT molecular complexity index is 988. The van der Waals surface area contributed by atoms with Crippen molar-refractivity contribution >= 4 is 11.4 Å². The molecule has 0 fully saturated rings. The van der Waals surface area contributed by atoms with Gasteiger partial charge >= 0.3 is 6.18 Å². The Morgan fingerprint density at radius 3 is 2.48 bits per heavy atom. The van der Waals surface area contributed by atoms with Crippen molar-refractivity contribution < 1.29 is 18.3 Å². The van der Waals surface area contributed by atoms with Gasteiger partial charge in [-0.1, -0.05) is 19.1 Å². The van der Waals surface area contributed by atoms with E-state index in [1.165, 1.54) is 19.1 Å². The van der Waals surface area contributed by atoms with Gasteiger partial charge in [0.2, 0.25) is 5.88 Å². The van der Waals surface area contributed by atoms with E-state index in [0.717, 1.165) is 16.7 Å². The number of halogens is 3. The third kappa shape index (κ3) is 3.84. The molecule has 1 heterocycles. The molecule has 9 heteroatoms. The molecule has 1 atom stereocenters. The zero-order chi connectivity index (χ0) is 20.4. The third-order valence-electron chi connectivity index (χ3n) is 4.21. The number of hydrogen-bond acceptors (Lipinski definition) is 5. The molecule has 0 radical (unpaired) electrons. The van der Waals surface area contributed by atoms with Gasteiger partial charge < -0.3 is 5.11 Å². The summed E-state index contributed by atoms with van der Waals surface area (Å²) in [6.45, 7) is 4.82. The zero-order valence-electron chi connectivity index (χ0n) is 14.9. The summed E-state index contributed by atoms with van der Waals surface area (Å²) >= 11 is 0. The number of benzene rings is 1. The molecule has 6 nitrogen and oxygen atoms in total. The highest BCUT2D eigenvalue weighted by Crippen LogP contribution is 2.37. The van der Waals surface area contributed by atoms with Crippen LogP contribution in [-0.4, -0.2) is 9.67 Å². The Morgan fingerprint density at radius 2 is 1.93 bits per heavy atom. The molecule has 1 unspecified atom stereocenters. The van der Waals surface area contributed by atoms with Gasteiger partial charge in [-0.15, -0.1) is 10.2 Å². The van der Waals surface area contributed by atoms with E-state index in [-0.39, 0.29) is 16.8 Å². The molecule has 0 aliphatic heterocycles. The van der Waals surface area contributed by atoms with Crippen LogP contribution in [0.1, 0.15) is 43.0 Å². The van der Waals surface area contributed by atoms with E-state index in [2.05, 4.69) is 10.2 Å². The molecule has 1 aromatic heterocycles. The summed E-state index contributed by atoms with van der Waals surface area (Å²) in [5.41, 5.74) is -2.59. The summed E-state index contributed by atoms with van der Waals surface area (Å²) in [6, 6.07) is 5.92. The van der Waals surface area contributed by atoms with Crippen molar-refractivity contribution in [1.29, 1.82) is 5.26 Å². The molecule has 142 valence electrons. The monoisotopic (exact) mass is 378 g/mol. The molecule has 2 aromatic rings. The lowest BCUT2D eigenvalue weighted by Crippen LogP contribution is -2.24. The number of aromatic hydroxyl groups is 1. The van der Waals surface area contributed by atoms with E-state index in [9.17, 15) is 28.3 Å². The lowest BCUT2D eigenvalue weighted by atomic mass is 10.1. The maximum absolute atomic E-state index is 13.1. The number of rotatable bonds is 4. The Balaban J connectivity index is 2.70. The summed E-state index contributed by atoms with van der Waals surface area (Å²) < 4.78 is 40.2. The molecule has 0 aliphatic carbocycles. The van der Waals surface area contributed by atoms with Crippen molar-refractivity contribution in [2.24, 2.45) is 10.2 Å². The van der Waals surface area contributed by atoms with Crippen LogP contribution >= 0.6 is 0 Å². The van der Waals surface area contributed by atoms with Crippen LogP contribution < -0.4 is 5.56 Å². The number of azo groups is 1. The fourth-order valence-electron chi connectivity index (χ4n) is 2.52. The second kappa shape index (κ2) is 7.61. The Morgan fingerprint density at radius 1 is 1.30 bits per heavy atom. The minimum absolute atomic E-state index is 0.0489. The van der Waals surface area contributed by atoms with Crippen molar-refractivity contribution in [3.8, 4) is 11.9 Å². The smallest absolute Gasteiger partial charge is 0.418 e. The topological polar surface area (TPSA) is 90.7 Å². The van der Waals surface area contributed by atoms with Gasteiger partial charge in [-0.2, -0.15) is 18.4 Å². The quantitative estimate of drug-likeness (QED) is 0.747. The van der Waals surface area contributed by atoms with E-state index >= 15 is 0 Å². The van der Waals surface area contributed by atoms with Crippen LogP contribution in [0.15, 0.2) is 39.3 Å². The van der Waals surface area contributed by atoms with Gasteiger partial charge in [0.1, 0.15) is 11.6 Å². The van der Waals surface area contributed by atoms with E-state index in [1.54, 1.807) is 19.9 Å². The van der Waals surface area contributed by atoms with Crippen molar-refractivity contribution in [3.05, 3.63) is 51.3 Å². The summed E-state index contributed by atoms with van der Waals surface area (Å²) in [7, 11) is 0. The molecule has 27 heavy (non-hydrogen) atoms. The zero-order valence-corrected chi connectivity index (χ0v) is 14.9. The first kappa shape index (κ1) is 20.2. The Kier molecular flexibility index (Phi) is 5.69. The van der Waals surface area contributed by atoms with Gasteiger partial charge in [0.05, 0.1) is 11.3 Å². The highest BCUT2D eigenvalue weighted by atomic mass is 19.4. The third-order valence-corrected chi connectivity index (χ3v) is 4.21. The normalized spacial score (nSPS) is 12.9. The molecule has 1 N–H and O–H groups in total. The number of hydrogen-bond donors (Lipinski definition) is 1. The van der Waals surface area contributed by atoms with Crippen molar-refractivity contribution in [1.82, 2.24) is 4.57 Å². The van der Waals surface area contributed by atoms with Gasteiger partial charge in [0, 0.05) is 11.6 Å². The standard InChI is InChI=1S/C18H17F3N4O2/c1-4-10(2)25-16(26)12(9-22)11(3)15(17(25)27)24-23-14-8-6-5-7-13(14)18(19,20)21/h5-8,10,26H,4H2,1-3H3. The van der Waals surface area contributed by atoms with Crippen LogP contribution in [0.4, 0.5) is 24.5 Å². The lowest BCUT2D eigenvalue weighted by molar-refractivity contribution is -0.137. The van der Waals surface area contributed by atoms with Gasteiger partial charge in [-0.25, -0.2) is 0 Å². The minimum Gasteiger partial charge on any atom is -0.493 e. The average molecular weight is 378 g/mol. The van der Waals surface area contributed by atoms with Crippen LogP contribution in [0.2, 0.25) is 0 Å². The van der Waals surface area contributed by atoms with Crippen molar-refractivity contribution in [2.45, 2.75) is 39.4 Å². The first-order valence-electron chi connectivity index (χ1n) is 8.09. The van der Waals surface area contributed by atoms with E-state index < -0.39 is 34.9 Å². The first-order chi connectivity index (χ1) is 12.6. The Hall–Kier alpha value is -3.15. The molecule has 0 amide bonds. The second-order valence-corrected chi connectivity index (χ2v) is 5.93. The highest BCUT2D eigenvalue weighted by molar-refractivity contribution is 5.57. The van der Waals surface area contributed by atoms with Crippen LogP contribution in [0.3, 0.4) is 0 Å². The molecule has 0 spiro atoms. The van der Waals surface area contributed by atoms with E-state index in [1.807, 2.05) is 0 Å². The predicted octanol–water partition coefficient (Wildman–Crippen LogP) is 5.14. The fraction of sp³-hybridized carbons (Fsp3) is 0.333. The van der Waals surface area contributed by atoms with Gasteiger partial charge in [0.25, 0.3) is 5.56 Å². The summed E-state index contributed by atoms with van der Waals surface area (Å²) in [6.07, 6.45) is -4.15. The molecule has 0 saturated carbocycles. The molecular weight excluding hydrogens is 361 g/mol. The van der Waals surface area contributed by atoms with Crippen molar-refractivity contribution in [3.63, 3.8) is 0 Å². The molecule has 1 aromatic carbocycles. The maximum Gasteiger partial charge on any atom is 0.418 e. The number of nitrogens with zero attached hydrogens (tertiary/aromatic N) is 4. The number of aromatic nitrogens is 1. The molecular formula is C18H17F3N4O2. The van der Waals surface area contributed by atoms with Gasteiger partial charge in [0.15, 0.2) is 5.69 Å². The second-order valence-electron chi connectivity index (χ2n) is 5.93. The van der Waals surface area contributed by atoms with E-state index in [0.29, 0.717) is 6.42 Å². The first-order valence-corrected chi connectivity index (χ1v) is 8.09. The van der Waals surface area contributed by atoms with Gasteiger partial charge in [-0.3, -0.25) is 9.36 Å². The average Bonchev–Trinajstić information content (AvgIpc) is 2.61. The number of alkyl halides is 3. The van der Waals surface area contributed by atoms with Crippen molar-refractivity contribution in [2.75, 3.05) is 0 Å². The lowest BCUT2D eigenvalue weighted by Gasteiger charge is -2.17. The molecule has 0 bridgehead atoms. The largest absolute Gasteiger partial charge is 0.493 e. The predicted molar refractivity (Wildman–Crippen MR) is 92.4 cm³/mol. The summed E-state index contributed by atoms with van der Waals surface area (Å²) in [4.78, 5) is 12.7.